The van der Waals surface area contributed by atoms with Gasteiger partial charge in [-0.3, -0.25) is 0 Å². The topological polar surface area (TPSA) is 59.1 Å². The Kier molecular flexibility index (Phi) is 4.81. The average Bonchev–Trinajstić information content (AvgIpc) is 2.67. The van der Waals surface area contributed by atoms with Crippen LogP contribution in [0, 0.1) is 27.7 Å². The first-order chi connectivity index (χ1) is 9.79. The molecule has 0 aliphatic rings. The van der Waals surface area contributed by atoms with Crippen LogP contribution in [0.1, 0.15) is 26.7 Å². The van der Waals surface area contributed by atoms with Gasteiger partial charge in [0, 0.05) is 17.8 Å². The number of aromatic nitrogens is 1. The van der Waals surface area contributed by atoms with Crippen molar-refractivity contribution in [2.45, 2.75) is 39.0 Å². The SMILES string of the molecule is Cc1ccc(S(=O)(=O)NCCc2nc(C)c(C)s2)c(C)c1. The fraction of sp³-hybridized carbons (Fsp3) is 0.400. The smallest absolute Gasteiger partial charge is 0.240 e. The predicted octanol–water partition coefficient (Wildman–Crippen LogP) is 2.90. The zero-order valence-corrected chi connectivity index (χ0v) is 14.4. The first kappa shape index (κ1) is 16.1. The molecule has 2 rings (SSSR count). The molecule has 0 radical (unpaired) electrons. The van der Waals surface area contributed by atoms with Crippen LogP contribution in [0.25, 0.3) is 0 Å². The van der Waals surface area contributed by atoms with Gasteiger partial charge in [0.15, 0.2) is 0 Å². The molecule has 2 aromatic rings. The summed E-state index contributed by atoms with van der Waals surface area (Å²) in [4.78, 5) is 5.94. The van der Waals surface area contributed by atoms with E-state index in [0.717, 1.165) is 21.8 Å². The number of aryl methyl sites for hydroxylation is 4. The molecule has 0 aliphatic carbocycles. The number of rotatable bonds is 5. The maximum atomic E-state index is 12.3. The maximum absolute atomic E-state index is 12.3. The Balaban J connectivity index is 2.04. The van der Waals surface area contributed by atoms with Crippen LogP contribution in [0.15, 0.2) is 23.1 Å². The Morgan fingerprint density at radius 2 is 1.90 bits per heavy atom. The van der Waals surface area contributed by atoms with Gasteiger partial charge in [-0.15, -0.1) is 11.3 Å². The highest BCUT2D eigenvalue weighted by Crippen LogP contribution is 2.18. The summed E-state index contributed by atoms with van der Waals surface area (Å²) in [7, 11) is -3.45. The van der Waals surface area contributed by atoms with E-state index in [1.165, 1.54) is 4.88 Å². The van der Waals surface area contributed by atoms with Crippen LogP contribution >= 0.6 is 11.3 Å². The van der Waals surface area contributed by atoms with Gasteiger partial charge in [0.1, 0.15) is 0 Å². The number of nitrogens with one attached hydrogen (secondary N) is 1. The van der Waals surface area contributed by atoms with Gasteiger partial charge in [-0.2, -0.15) is 0 Å². The van der Waals surface area contributed by atoms with Gasteiger partial charge in [0.25, 0.3) is 0 Å². The second kappa shape index (κ2) is 6.25. The Morgan fingerprint density at radius 1 is 1.19 bits per heavy atom. The Morgan fingerprint density at radius 3 is 2.48 bits per heavy atom. The molecule has 0 bridgehead atoms. The monoisotopic (exact) mass is 324 g/mol. The molecule has 0 spiro atoms. The van der Waals surface area contributed by atoms with Crippen LogP contribution in [0.3, 0.4) is 0 Å². The van der Waals surface area contributed by atoms with E-state index in [4.69, 9.17) is 0 Å². The predicted molar refractivity (Wildman–Crippen MR) is 86.4 cm³/mol. The lowest BCUT2D eigenvalue weighted by molar-refractivity contribution is 0.581. The number of sulfonamides is 1. The summed E-state index contributed by atoms with van der Waals surface area (Å²) in [5, 5.41) is 0.966. The fourth-order valence-electron chi connectivity index (χ4n) is 2.12. The van der Waals surface area contributed by atoms with E-state index in [0.29, 0.717) is 17.9 Å². The van der Waals surface area contributed by atoms with Gasteiger partial charge in [-0.1, -0.05) is 17.7 Å². The minimum atomic E-state index is -3.45. The summed E-state index contributed by atoms with van der Waals surface area (Å²) in [6.07, 6.45) is 0.615. The van der Waals surface area contributed by atoms with Crippen LogP contribution < -0.4 is 4.72 Å². The molecular formula is C15H20N2O2S2. The van der Waals surface area contributed by atoms with Crippen molar-refractivity contribution >= 4 is 21.4 Å². The van der Waals surface area contributed by atoms with Crippen molar-refractivity contribution in [3.8, 4) is 0 Å². The molecule has 0 aliphatic heterocycles. The number of benzene rings is 1. The Hall–Kier alpha value is -1.24. The molecule has 0 amide bonds. The molecule has 1 N–H and O–H groups in total. The van der Waals surface area contributed by atoms with Crippen LogP contribution in [0.2, 0.25) is 0 Å². The lowest BCUT2D eigenvalue weighted by Gasteiger charge is -2.09. The standard InChI is InChI=1S/C15H20N2O2S2/c1-10-5-6-14(11(2)9-10)21(18,19)16-8-7-15-17-12(3)13(4)20-15/h5-6,9,16H,7-8H2,1-4H3. The number of hydrogen-bond acceptors (Lipinski definition) is 4. The normalized spacial score (nSPS) is 11.8. The minimum absolute atomic E-state index is 0.347. The molecule has 0 unspecified atom stereocenters. The van der Waals surface area contributed by atoms with Crippen molar-refractivity contribution < 1.29 is 8.42 Å². The number of nitrogens with zero attached hydrogens (tertiary/aromatic N) is 1. The van der Waals surface area contributed by atoms with E-state index in [-0.39, 0.29) is 0 Å². The Bertz CT molecular complexity index is 730. The molecule has 0 fully saturated rings. The van der Waals surface area contributed by atoms with E-state index in [9.17, 15) is 8.42 Å². The van der Waals surface area contributed by atoms with Crippen LogP contribution in [0.4, 0.5) is 0 Å². The van der Waals surface area contributed by atoms with E-state index in [1.54, 1.807) is 17.4 Å². The van der Waals surface area contributed by atoms with Crippen LogP contribution in [0.5, 0.6) is 0 Å². The molecule has 4 nitrogen and oxygen atoms in total. The molecule has 21 heavy (non-hydrogen) atoms. The van der Waals surface area contributed by atoms with Crippen molar-refractivity contribution in [3.63, 3.8) is 0 Å². The highest BCUT2D eigenvalue weighted by atomic mass is 32.2. The van der Waals surface area contributed by atoms with Gasteiger partial charge < -0.3 is 0 Å². The van der Waals surface area contributed by atoms with Crippen molar-refractivity contribution in [1.82, 2.24) is 9.71 Å². The summed E-state index contributed by atoms with van der Waals surface area (Å²) in [5.41, 5.74) is 2.84. The quantitative estimate of drug-likeness (QED) is 0.920. The molecule has 0 saturated heterocycles. The number of hydrogen-bond donors (Lipinski definition) is 1. The number of thiazole rings is 1. The highest BCUT2D eigenvalue weighted by molar-refractivity contribution is 7.89. The summed E-state index contributed by atoms with van der Waals surface area (Å²) in [5.74, 6) is 0. The van der Waals surface area contributed by atoms with Gasteiger partial charge in [-0.05, 0) is 39.3 Å². The van der Waals surface area contributed by atoms with E-state index < -0.39 is 10.0 Å². The largest absolute Gasteiger partial charge is 0.246 e. The summed E-state index contributed by atoms with van der Waals surface area (Å²) in [6, 6.07) is 5.35. The summed E-state index contributed by atoms with van der Waals surface area (Å²) >= 11 is 1.62. The summed E-state index contributed by atoms with van der Waals surface area (Å²) in [6.45, 7) is 8.12. The van der Waals surface area contributed by atoms with Crippen molar-refractivity contribution in [3.05, 3.63) is 44.9 Å². The average molecular weight is 324 g/mol. The van der Waals surface area contributed by atoms with Gasteiger partial charge in [0.05, 0.1) is 15.6 Å². The molecule has 1 aromatic heterocycles. The van der Waals surface area contributed by atoms with Crippen LogP contribution in [-0.4, -0.2) is 19.9 Å². The fourth-order valence-corrected chi connectivity index (χ4v) is 4.31. The molecule has 0 saturated carbocycles. The zero-order valence-electron chi connectivity index (χ0n) is 12.7. The van der Waals surface area contributed by atoms with E-state index in [1.807, 2.05) is 39.8 Å². The summed E-state index contributed by atoms with van der Waals surface area (Å²) < 4.78 is 27.2. The zero-order chi connectivity index (χ0) is 15.6. The van der Waals surface area contributed by atoms with Gasteiger partial charge >= 0.3 is 0 Å². The lowest BCUT2D eigenvalue weighted by Crippen LogP contribution is -2.26. The molecule has 1 aromatic carbocycles. The van der Waals surface area contributed by atoms with Crippen molar-refractivity contribution in [2.24, 2.45) is 0 Å². The van der Waals surface area contributed by atoms with Gasteiger partial charge in [-0.25, -0.2) is 18.1 Å². The van der Waals surface area contributed by atoms with Crippen molar-refractivity contribution in [1.29, 1.82) is 0 Å². The maximum Gasteiger partial charge on any atom is 0.240 e. The first-order valence-corrected chi connectivity index (χ1v) is 9.09. The molecule has 114 valence electrons. The van der Waals surface area contributed by atoms with Crippen molar-refractivity contribution in [2.75, 3.05) is 6.54 Å². The second-order valence-electron chi connectivity index (χ2n) is 5.17. The lowest BCUT2D eigenvalue weighted by atomic mass is 10.2. The minimum Gasteiger partial charge on any atom is -0.246 e. The Labute approximate surface area is 130 Å². The third-order valence-electron chi connectivity index (χ3n) is 3.32. The van der Waals surface area contributed by atoms with E-state index in [2.05, 4.69) is 9.71 Å². The third kappa shape index (κ3) is 3.90. The molecule has 6 heteroatoms. The van der Waals surface area contributed by atoms with Crippen LogP contribution in [-0.2, 0) is 16.4 Å². The van der Waals surface area contributed by atoms with E-state index >= 15 is 0 Å². The highest BCUT2D eigenvalue weighted by Gasteiger charge is 2.16. The molecule has 0 atom stereocenters. The molecule has 1 heterocycles. The molecular weight excluding hydrogens is 304 g/mol. The van der Waals surface area contributed by atoms with Gasteiger partial charge in [0.2, 0.25) is 10.0 Å². The first-order valence-electron chi connectivity index (χ1n) is 6.79. The third-order valence-corrected chi connectivity index (χ3v) is 6.08. The second-order valence-corrected chi connectivity index (χ2v) is 8.19.